The fraction of sp³-hybridized carbons (Fsp3) is 0.471. The van der Waals surface area contributed by atoms with E-state index < -0.39 is 5.82 Å². The topological polar surface area (TPSA) is 71.3 Å². The third kappa shape index (κ3) is 5.24. The summed E-state index contributed by atoms with van der Waals surface area (Å²) in [7, 11) is 0. The number of nitrogens with one attached hydrogen (secondary N) is 1. The summed E-state index contributed by atoms with van der Waals surface area (Å²) in [6.07, 6.45) is 4.73. The van der Waals surface area contributed by atoms with Crippen LogP contribution in [0.15, 0.2) is 29.1 Å². The Hall–Kier alpha value is -1.99. The second-order valence-electron chi connectivity index (χ2n) is 6.28. The zero-order valence-corrected chi connectivity index (χ0v) is 14.5. The summed E-state index contributed by atoms with van der Waals surface area (Å²) >= 11 is 5.71. The molecule has 134 valence electrons. The van der Waals surface area contributed by atoms with Gasteiger partial charge in [-0.05, 0) is 56.5 Å². The minimum absolute atomic E-state index is 0.00627. The Morgan fingerprint density at radius 2 is 2.20 bits per heavy atom. The Kier molecular flexibility index (Phi) is 5.99. The summed E-state index contributed by atoms with van der Waals surface area (Å²) in [6.45, 7) is 2.64. The number of halogens is 2. The number of likely N-dealkylation sites (tertiary alicyclic amines) is 1. The van der Waals surface area contributed by atoms with Crippen LogP contribution < -0.4 is 5.32 Å². The van der Waals surface area contributed by atoms with E-state index in [-0.39, 0.29) is 10.9 Å². The predicted molar refractivity (Wildman–Crippen MR) is 91.6 cm³/mol. The zero-order valence-electron chi connectivity index (χ0n) is 13.8. The van der Waals surface area contributed by atoms with E-state index in [1.807, 2.05) is 0 Å². The number of hydrogen-bond acceptors (Lipinski definition) is 5. The van der Waals surface area contributed by atoms with Gasteiger partial charge in [-0.3, -0.25) is 9.69 Å². The number of anilines is 1. The van der Waals surface area contributed by atoms with Crippen LogP contribution in [0.4, 0.5) is 10.1 Å². The Morgan fingerprint density at radius 1 is 1.40 bits per heavy atom. The molecule has 0 unspecified atom stereocenters. The average Bonchev–Trinajstić information content (AvgIpc) is 3.11. The molecule has 0 aliphatic carbocycles. The molecule has 1 aliphatic heterocycles. The average molecular weight is 367 g/mol. The smallest absolute Gasteiger partial charge is 0.224 e. The van der Waals surface area contributed by atoms with Crippen molar-refractivity contribution in [1.82, 2.24) is 15.0 Å². The third-order valence-corrected chi connectivity index (χ3v) is 4.75. The number of nitrogens with zero attached hydrogens (tertiary/aromatic N) is 3. The number of amides is 1. The third-order valence-electron chi connectivity index (χ3n) is 4.46. The summed E-state index contributed by atoms with van der Waals surface area (Å²) in [4.78, 5) is 18.4. The lowest BCUT2D eigenvalue weighted by molar-refractivity contribution is -0.116. The van der Waals surface area contributed by atoms with Crippen molar-refractivity contribution in [3.63, 3.8) is 0 Å². The Morgan fingerprint density at radius 3 is 2.88 bits per heavy atom. The molecule has 3 rings (SSSR count). The Labute approximate surface area is 150 Å². The van der Waals surface area contributed by atoms with Crippen molar-refractivity contribution in [3.05, 3.63) is 41.3 Å². The predicted octanol–water partition coefficient (Wildman–Crippen LogP) is 3.49. The van der Waals surface area contributed by atoms with Gasteiger partial charge in [0.25, 0.3) is 0 Å². The molecule has 1 saturated heterocycles. The standard InChI is InChI=1S/C17H20ClFN4O2/c18-14-9-13(2-3-15(14)19)21-17(24)4-1-12-5-7-23(8-6-12)10-16-20-11-25-22-16/h2-3,9,11-12H,1,4-8,10H2,(H,21,24). The molecular weight excluding hydrogens is 347 g/mol. The highest BCUT2D eigenvalue weighted by Crippen LogP contribution is 2.24. The molecule has 1 N–H and O–H groups in total. The molecule has 1 amide bonds. The van der Waals surface area contributed by atoms with Crippen molar-refractivity contribution in [1.29, 1.82) is 0 Å². The first-order chi connectivity index (χ1) is 12.1. The fourth-order valence-electron chi connectivity index (χ4n) is 3.03. The van der Waals surface area contributed by atoms with Gasteiger partial charge in [-0.15, -0.1) is 0 Å². The number of benzene rings is 1. The van der Waals surface area contributed by atoms with Crippen molar-refractivity contribution in [2.45, 2.75) is 32.2 Å². The Bertz CT molecular complexity index is 703. The maximum atomic E-state index is 13.1. The largest absolute Gasteiger partial charge is 0.343 e. The molecule has 0 atom stereocenters. The lowest BCUT2D eigenvalue weighted by Crippen LogP contribution is -2.33. The van der Waals surface area contributed by atoms with E-state index in [2.05, 4.69) is 20.4 Å². The first-order valence-corrected chi connectivity index (χ1v) is 8.70. The van der Waals surface area contributed by atoms with Gasteiger partial charge >= 0.3 is 0 Å². The second kappa shape index (κ2) is 8.40. The first-order valence-electron chi connectivity index (χ1n) is 8.32. The lowest BCUT2D eigenvalue weighted by Gasteiger charge is -2.30. The molecule has 1 aromatic carbocycles. The maximum Gasteiger partial charge on any atom is 0.224 e. The molecular formula is C17H20ClFN4O2. The van der Waals surface area contributed by atoms with Crippen LogP contribution >= 0.6 is 11.6 Å². The minimum Gasteiger partial charge on any atom is -0.343 e. The highest BCUT2D eigenvalue weighted by atomic mass is 35.5. The van der Waals surface area contributed by atoms with Crippen LogP contribution in [0.2, 0.25) is 5.02 Å². The van der Waals surface area contributed by atoms with Gasteiger partial charge in [0.15, 0.2) is 5.82 Å². The van der Waals surface area contributed by atoms with Crippen molar-refractivity contribution < 1.29 is 13.7 Å². The van der Waals surface area contributed by atoms with Crippen LogP contribution in [0.5, 0.6) is 0 Å². The Balaban J connectivity index is 1.37. The van der Waals surface area contributed by atoms with Crippen LogP contribution in [0.1, 0.15) is 31.5 Å². The minimum atomic E-state index is -0.493. The van der Waals surface area contributed by atoms with Crippen LogP contribution in [0.25, 0.3) is 0 Å². The van der Waals surface area contributed by atoms with Gasteiger partial charge in [0.2, 0.25) is 12.3 Å². The SMILES string of the molecule is O=C(CCC1CCN(Cc2ncon2)CC1)Nc1ccc(F)c(Cl)c1. The van der Waals surface area contributed by atoms with Gasteiger partial charge in [0, 0.05) is 12.1 Å². The molecule has 1 aromatic heterocycles. The first kappa shape index (κ1) is 17.8. The molecule has 1 fully saturated rings. The van der Waals surface area contributed by atoms with Gasteiger partial charge in [0.05, 0.1) is 11.6 Å². The van der Waals surface area contributed by atoms with E-state index in [9.17, 15) is 9.18 Å². The highest BCUT2D eigenvalue weighted by Gasteiger charge is 2.21. The molecule has 0 saturated carbocycles. The molecule has 6 nitrogen and oxygen atoms in total. The summed E-state index contributed by atoms with van der Waals surface area (Å²) in [6, 6.07) is 4.18. The number of hydrogen-bond donors (Lipinski definition) is 1. The molecule has 1 aliphatic rings. The van der Waals surface area contributed by atoms with Gasteiger partial charge in [-0.1, -0.05) is 16.8 Å². The van der Waals surface area contributed by atoms with Crippen LogP contribution in [-0.4, -0.2) is 34.0 Å². The number of piperidine rings is 1. The second-order valence-corrected chi connectivity index (χ2v) is 6.69. The van der Waals surface area contributed by atoms with Crippen molar-refractivity contribution >= 4 is 23.2 Å². The number of rotatable bonds is 6. The molecule has 25 heavy (non-hydrogen) atoms. The normalized spacial score (nSPS) is 16.1. The molecule has 0 radical (unpaired) electrons. The van der Waals surface area contributed by atoms with Gasteiger partial charge < -0.3 is 9.84 Å². The number of carbonyl (C=O) groups excluding carboxylic acids is 1. The molecule has 8 heteroatoms. The zero-order chi connectivity index (χ0) is 17.6. The van der Waals surface area contributed by atoms with Crippen LogP contribution in [-0.2, 0) is 11.3 Å². The summed E-state index contributed by atoms with van der Waals surface area (Å²) in [5, 5.41) is 6.59. The quantitative estimate of drug-likeness (QED) is 0.847. The van der Waals surface area contributed by atoms with E-state index >= 15 is 0 Å². The summed E-state index contributed by atoms with van der Waals surface area (Å²) < 4.78 is 17.9. The van der Waals surface area contributed by atoms with E-state index in [0.717, 1.165) is 32.4 Å². The maximum absolute atomic E-state index is 13.1. The molecule has 0 spiro atoms. The number of carbonyl (C=O) groups is 1. The van der Waals surface area contributed by atoms with E-state index in [1.54, 1.807) is 0 Å². The monoisotopic (exact) mass is 366 g/mol. The van der Waals surface area contributed by atoms with E-state index in [4.69, 9.17) is 16.1 Å². The highest BCUT2D eigenvalue weighted by molar-refractivity contribution is 6.31. The lowest BCUT2D eigenvalue weighted by atomic mass is 9.92. The van der Waals surface area contributed by atoms with Gasteiger partial charge in [-0.25, -0.2) is 4.39 Å². The van der Waals surface area contributed by atoms with Gasteiger partial charge in [0.1, 0.15) is 5.82 Å². The molecule has 2 heterocycles. The van der Waals surface area contributed by atoms with Crippen LogP contribution in [0, 0.1) is 11.7 Å². The fourth-order valence-corrected chi connectivity index (χ4v) is 3.21. The van der Waals surface area contributed by atoms with E-state index in [1.165, 1.54) is 24.6 Å². The van der Waals surface area contributed by atoms with Crippen molar-refractivity contribution in [2.24, 2.45) is 5.92 Å². The molecule has 0 bridgehead atoms. The summed E-state index contributed by atoms with van der Waals surface area (Å²) in [5.74, 6) is 0.670. The van der Waals surface area contributed by atoms with E-state index in [0.29, 0.717) is 30.4 Å². The molecule has 2 aromatic rings. The van der Waals surface area contributed by atoms with Crippen molar-refractivity contribution in [3.8, 4) is 0 Å². The van der Waals surface area contributed by atoms with Crippen LogP contribution in [0.3, 0.4) is 0 Å². The summed E-state index contributed by atoms with van der Waals surface area (Å²) in [5.41, 5.74) is 0.520. The van der Waals surface area contributed by atoms with Crippen molar-refractivity contribution in [2.75, 3.05) is 18.4 Å². The number of aromatic nitrogens is 2. The van der Waals surface area contributed by atoms with Gasteiger partial charge in [-0.2, -0.15) is 4.98 Å².